The van der Waals surface area contributed by atoms with E-state index in [1.165, 1.54) is 0 Å². The summed E-state index contributed by atoms with van der Waals surface area (Å²) in [6, 6.07) is 7.69. The van der Waals surface area contributed by atoms with E-state index in [1.807, 2.05) is 36.1 Å². The minimum Gasteiger partial charge on any atom is -0.337 e. The fourth-order valence-corrected chi connectivity index (χ4v) is 4.24. The largest absolute Gasteiger partial charge is 0.337 e. The standard InChI is InChI=1S/C23H34N4O2/c1-7-26-21(24-19-11-9-8-10-18(19)22(26)29)17(3)25-12-13-27(16(2)15-25)20(28)14-23(4,5)6/h8-11,16-17H,7,12-15H2,1-6H3. The van der Waals surface area contributed by atoms with Gasteiger partial charge in [-0.1, -0.05) is 32.9 Å². The van der Waals surface area contributed by atoms with Crippen molar-refractivity contribution in [1.82, 2.24) is 19.4 Å². The Morgan fingerprint density at radius 3 is 2.55 bits per heavy atom. The molecule has 29 heavy (non-hydrogen) atoms. The summed E-state index contributed by atoms with van der Waals surface area (Å²) in [5, 5.41) is 0.663. The zero-order valence-corrected chi connectivity index (χ0v) is 18.6. The second-order valence-corrected chi connectivity index (χ2v) is 9.38. The second-order valence-electron chi connectivity index (χ2n) is 9.38. The van der Waals surface area contributed by atoms with Crippen LogP contribution in [0.25, 0.3) is 10.9 Å². The van der Waals surface area contributed by atoms with Crippen molar-refractivity contribution in [2.75, 3.05) is 19.6 Å². The van der Waals surface area contributed by atoms with Gasteiger partial charge in [0.2, 0.25) is 5.91 Å². The van der Waals surface area contributed by atoms with E-state index in [0.29, 0.717) is 24.9 Å². The quantitative estimate of drug-likeness (QED) is 0.792. The van der Waals surface area contributed by atoms with Gasteiger partial charge in [0.25, 0.3) is 5.56 Å². The normalized spacial score (nSPS) is 19.5. The summed E-state index contributed by atoms with van der Waals surface area (Å²) in [6.45, 7) is 15.4. The summed E-state index contributed by atoms with van der Waals surface area (Å²) in [6.07, 6.45) is 0.564. The van der Waals surface area contributed by atoms with Gasteiger partial charge in [-0.3, -0.25) is 19.1 Å². The molecule has 0 bridgehead atoms. The van der Waals surface area contributed by atoms with Crippen molar-refractivity contribution >= 4 is 16.8 Å². The summed E-state index contributed by atoms with van der Waals surface area (Å²) in [4.78, 5) is 34.9. The number of carbonyl (C=O) groups is 1. The van der Waals surface area contributed by atoms with E-state index < -0.39 is 0 Å². The minimum atomic E-state index is -0.00651. The number of fused-ring (bicyclic) bond motifs is 1. The fraction of sp³-hybridized carbons (Fsp3) is 0.609. The lowest BCUT2D eigenvalue weighted by Crippen LogP contribution is -2.55. The van der Waals surface area contributed by atoms with Gasteiger partial charge in [-0.25, -0.2) is 4.98 Å². The molecule has 2 heterocycles. The molecule has 2 aromatic rings. The summed E-state index contributed by atoms with van der Waals surface area (Å²) >= 11 is 0. The molecule has 0 saturated carbocycles. The van der Waals surface area contributed by atoms with Gasteiger partial charge in [0.05, 0.1) is 16.9 Å². The fourth-order valence-electron chi connectivity index (χ4n) is 4.24. The molecule has 0 aliphatic carbocycles. The van der Waals surface area contributed by atoms with E-state index in [9.17, 15) is 9.59 Å². The molecule has 6 heteroatoms. The number of hydrogen-bond acceptors (Lipinski definition) is 4. The number of rotatable bonds is 4. The molecule has 1 aromatic carbocycles. The van der Waals surface area contributed by atoms with Crippen molar-refractivity contribution in [2.45, 2.75) is 66.6 Å². The van der Waals surface area contributed by atoms with Gasteiger partial charge in [-0.2, -0.15) is 0 Å². The van der Waals surface area contributed by atoms with E-state index in [4.69, 9.17) is 4.98 Å². The molecule has 2 atom stereocenters. The lowest BCUT2D eigenvalue weighted by atomic mass is 9.91. The minimum absolute atomic E-state index is 0.00651. The highest BCUT2D eigenvalue weighted by atomic mass is 16.2. The van der Waals surface area contributed by atoms with E-state index in [0.717, 1.165) is 24.4 Å². The number of hydrogen-bond donors (Lipinski definition) is 0. The van der Waals surface area contributed by atoms with Crippen LogP contribution in [0.5, 0.6) is 0 Å². The third-order valence-corrected chi connectivity index (χ3v) is 5.79. The molecule has 1 saturated heterocycles. The Kier molecular flexibility index (Phi) is 6.13. The molecule has 6 nitrogen and oxygen atoms in total. The van der Waals surface area contributed by atoms with Crippen LogP contribution < -0.4 is 5.56 Å². The Bertz CT molecular complexity index is 944. The van der Waals surface area contributed by atoms with Gasteiger partial charge >= 0.3 is 0 Å². The van der Waals surface area contributed by atoms with Crippen LogP contribution in [0.3, 0.4) is 0 Å². The summed E-state index contributed by atoms with van der Waals surface area (Å²) in [5.41, 5.74) is 0.760. The second kappa shape index (κ2) is 8.27. The molecule has 0 N–H and O–H groups in total. The van der Waals surface area contributed by atoms with E-state index in [-0.39, 0.29) is 29.0 Å². The van der Waals surface area contributed by atoms with Crippen molar-refractivity contribution in [3.63, 3.8) is 0 Å². The molecule has 1 amide bonds. The Morgan fingerprint density at radius 2 is 1.93 bits per heavy atom. The lowest BCUT2D eigenvalue weighted by molar-refractivity contribution is -0.138. The van der Waals surface area contributed by atoms with E-state index in [1.54, 1.807) is 4.57 Å². The molecule has 1 aliphatic heterocycles. The topological polar surface area (TPSA) is 58.4 Å². The van der Waals surface area contributed by atoms with Gasteiger partial charge < -0.3 is 4.90 Å². The van der Waals surface area contributed by atoms with Crippen LogP contribution in [-0.2, 0) is 11.3 Å². The monoisotopic (exact) mass is 398 g/mol. The highest BCUT2D eigenvalue weighted by Gasteiger charge is 2.32. The van der Waals surface area contributed by atoms with Gasteiger partial charge in [0, 0.05) is 38.6 Å². The number of para-hydroxylation sites is 1. The number of aromatic nitrogens is 2. The van der Waals surface area contributed by atoms with Crippen LogP contribution in [-0.4, -0.2) is 50.9 Å². The first kappa shape index (κ1) is 21.5. The highest BCUT2D eigenvalue weighted by molar-refractivity contribution is 5.78. The van der Waals surface area contributed by atoms with Crippen molar-refractivity contribution in [3.05, 3.63) is 40.4 Å². The first-order chi connectivity index (χ1) is 13.6. The zero-order valence-electron chi connectivity index (χ0n) is 18.6. The van der Waals surface area contributed by atoms with Crippen molar-refractivity contribution in [3.8, 4) is 0 Å². The average Bonchev–Trinajstić information content (AvgIpc) is 2.65. The van der Waals surface area contributed by atoms with Crippen molar-refractivity contribution in [1.29, 1.82) is 0 Å². The van der Waals surface area contributed by atoms with Crippen LogP contribution in [0.2, 0.25) is 0 Å². The zero-order chi connectivity index (χ0) is 21.3. The third-order valence-electron chi connectivity index (χ3n) is 5.79. The number of nitrogens with zero attached hydrogens (tertiary/aromatic N) is 4. The molecular formula is C23H34N4O2. The van der Waals surface area contributed by atoms with Crippen LogP contribution >= 0.6 is 0 Å². The highest BCUT2D eigenvalue weighted by Crippen LogP contribution is 2.26. The molecule has 1 fully saturated rings. The van der Waals surface area contributed by atoms with Gasteiger partial charge in [-0.15, -0.1) is 0 Å². The van der Waals surface area contributed by atoms with Crippen LogP contribution in [0, 0.1) is 5.41 Å². The third kappa shape index (κ3) is 4.53. The molecule has 3 rings (SSSR count). The average molecular weight is 399 g/mol. The first-order valence-electron chi connectivity index (χ1n) is 10.7. The maximum atomic E-state index is 13.0. The summed E-state index contributed by atoms with van der Waals surface area (Å²) < 4.78 is 1.79. The molecule has 1 aromatic heterocycles. The molecular weight excluding hydrogens is 364 g/mol. The Hall–Kier alpha value is -2.21. The predicted molar refractivity (Wildman–Crippen MR) is 117 cm³/mol. The maximum Gasteiger partial charge on any atom is 0.261 e. The molecule has 0 radical (unpaired) electrons. The number of benzene rings is 1. The lowest BCUT2D eigenvalue weighted by Gasteiger charge is -2.43. The molecule has 1 aliphatic rings. The molecule has 0 spiro atoms. The smallest absolute Gasteiger partial charge is 0.261 e. The van der Waals surface area contributed by atoms with Gasteiger partial charge in [0.1, 0.15) is 5.82 Å². The SMILES string of the molecule is CCn1c(C(C)N2CCN(C(=O)CC(C)(C)C)C(C)C2)nc2ccccc2c1=O. The Labute approximate surface area is 173 Å². The molecule has 158 valence electrons. The van der Waals surface area contributed by atoms with E-state index >= 15 is 0 Å². The van der Waals surface area contributed by atoms with E-state index in [2.05, 4.69) is 39.5 Å². The van der Waals surface area contributed by atoms with Crippen molar-refractivity contribution < 1.29 is 4.79 Å². The Balaban J connectivity index is 1.83. The van der Waals surface area contributed by atoms with Gasteiger partial charge in [0.15, 0.2) is 0 Å². The van der Waals surface area contributed by atoms with Gasteiger partial charge in [-0.05, 0) is 38.3 Å². The molecule has 2 unspecified atom stereocenters. The van der Waals surface area contributed by atoms with Crippen LogP contribution in [0.4, 0.5) is 0 Å². The number of amides is 1. The predicted octanol–water partition coefficient (Wildman–Crippen LogP) is 3.45. The van der Waals surface area contributed by atoms with Crippen LogP contribution in [0.1, 0.15) is 59.8 Å². The maximum absolute atomic E-state index is 13.0. The Morgan fingerprint density at radius 1 is 1.24 bits per heavy atom. The van der Waals surface area contributed by atoms with Crippen LogP contribution in [0.15, 0.2) is 29.1 Å². The van der Waals surface area contributed by atoms with Crippen molar-refractivity contribution in [2.24, 2.45) is 5.41 Å². The summed E-state index contributed by atoms with van der Waals surface area (Å²) in [5.74, 6) is 1.03. The summed E-state index contributed by atoms with van der Waals surface area (Å²) in [7, 11) is 0. The first-order valence-corrected chi connectivity index (χ1v) is 10.7. The number of carbonyl (C=O) groups excluding carboxylic acids is 1. The number of piperazine rings is 1.